The van der Waals surface area contributed by atoms with E-state index in [4.69, 9.17) is 15.5 Å². The lowest BCUT2D eigenvalue weighted by atomic mass is 10.1. The van der Waals surface area contributed by atoms with E-state index < -0.39 is 6.04 Å². The second-order valence-electron chi connectivity index (χ2n) is 7.97. The van der Waals surface area contributed by atoms with Crippen LogP contribution in [0.5, 0.6) is 5.19 Å². The molecule has 0 fully saturated rings. The second kappa shape index (κ2) is 9.15. The Morgan fingerprint density at radius 2 is 1.89 bits per heavy atom. The molecule has 0 radical (unpaired) electrons. The van der Waals surface area contributed by atoms with Gasteiger partial charge in [0, 0.05) is 11.6 Å². The molecular weight excluding hydrogens is 462 g/mol. The van der Waals surface area contributed by atoms with Gasteiger partial charge in [0.2, 0.25) is 5.95 Å². The third-order valence-corrected chi connectivity index (χ3v) is 6.43. The van der Waals surface area contributed by atoms with Gasteiger partial charge in [-0.2, -0.15) is 4.98 Å². The molecular formula is C25H23N7O2S. The van der Waals surface area contributed by atoms with Gasteiger partial charge >= 0.3 is 0 Å². The summed E-state index contributed by atoms with van der Waals surface area (Å²) in [6, 6.07) is 14.7. The van der Waals surface area contributed by atoms with Gasteiger partial charge in [-0.25, -0.2) is 15.0 Å². The van der Waals surface area contributed by atoms with Crippen LogP contribution in [-0.2, 0) is 0 Å². The minimum atomic E-state index is -0.415. The van der Waals surface area contributed by atoms with Crippen LogP contribution in [0.4, 0.5) is 11.8 Å². The summed E-state index contributed by atoms with van der Waals surface area (Å²) in [4.78, 5) is 31.7. The lowest BCUT2D eigenvalue weighted by molar-refractivity contribution is 0.412. The van der Waals surface area contributed by atoms with Crippen molar-refractivity contribution in [2.75, 3.05) is 18.2 Å². The van der Waals surface area contributed by atoms with E-state index in [1.807, 2.05) is 67.8 Å². The maximum absolute atomic E-state index is 13.7. The Kier molecular flexibility index (Phi) is 5.87. The van der Waals surface area contributed by atoms with Crippen LogP contribution in [-0.4, -0.2) is 31.6 Å². The number of hydrogen-bond donors (Lipinski definition) is 2. The first-order valence-corrected chi connectivity index (χ1v) is 11.8. The van der Waals surface area contributed by atoms with Crippen molar-refractivity contribution in [1.82, 2.24) is 24.5 Å². The predicted octanol–water partition coefficient (Wildman–Crippen LogP) is 4.37. The van der Waals surface area contributed by atoms with E-state index in [-0.39, 0.29) is 11.5 Å². The zero-order chi connectivity index (χ0) is 24.5. The third kappa shape index (κ3) is 4.19. The van der Waals surface area contributed by atoms with Gasteiger partial charge in [0.05, 0.1) is 41.0 Å². The molecule has 1 atom stereocenters. The summed E-state index contributed by atoms with van der Waals surface area (Å²) in [7, 11) is 1.57. The molecule has 5 aromatic rings. The van der Waals surface area contributed by atoms with Crippen molar-refractivity contribution in [2.45, 2.75) is 19.9 Å². The number of benzene rings is 2. The first-order chi connectivity index (χ1) is 17.0. The number of ether oxygens (including phenoxy) is 1. The highest BCUT2D eigenvalue weighted by atomic mass is 32.1. The minimum Gasteiger partial charge on any atom is -0.473 e. The first kappa shape index (κ1) is 22.5. The Hall–Kier alpha value is -4.31. The molecule has 0 amide bonds. The molecule has 2 aromatic carbocycles. The van der Waals surface area contributed by atoms with E-state index in [0.717, 1.165) is 11.3 Å². The summed E-state index contributed by atoms with van der Waals surface area (Å²) in [5.41, 5.74) is 9.34. The normalized spacial score (nSPS) is 12.0. The van der Waals surface area contributed by atoms with Crippen LogP contribution in [0.15, 0.2) is 64.9 Å². The number of nitrogens with two attached hydrogens (primary N) is 1. The summed E-state index contributed by atoms with van der Waals surface area (Å²) in [5, 5.41) is 6.36. The molecule has 5 rings (SSSR count). The van der Waals surface area contributed by atoms with Crippen LogP contribution in [0.3, 0.4) is 0 Å². The lowest BCUT2D eigenvalue weighted by Gasteiger charge is -2.21. The van der Waals surface area contributed by atoms with Crippen LogP contribution < -0.4 is 21.3 Å². The Balaban J connectivity index is 1.65. The molecule has 0 aliphatic carbocycles. The Morgan fingerprint density at radius 1 is 1.09 bits per heavy atom. The van der Waals surface area contributed by atoms with Crippen LogP contribution >= 0.6 is 11.3 Å². The van der Waals surface area contributed by atoms with E-state index in [1.54, 1.807) is 17.9 Å². The first-order valence-electron chi connectivity index (χ1n) is 10.9. The highest BCUT2D eigenvalue weighted by Crippen LogP contribution is 2.32. The number of hydrogen-bond acceptors (Lipinski definition) is 9. The Morgan fingerprint density at radius 3 is 2.63 bits per heavy atom. The molecule has 0 saturated heterocycles. The molecule has 0 aliphatic rings. The van der Waals surface area contributed by atoms with Crippen molar-refractivity contribution >= 4 is 34.0 Å². The van der Waals surface area contributed by atoms with Gasteiger partial charge < -0.3 is 15.8 Å². The van der Waals surface area contributed by atoms with Crippen molar-refractivity contribution in [3.63, 3.8) is 0 Å². The van der Waals surface area contributed by atoms with Crippen molar-refractivity contribution in [3.05, 3.63) is 81.8 Å². The number of aryl methyl sites for hydroxylation is 1. The number of nitrogens with zero attached hydrogens (tertiary/aromatic N) is 5. The Labute approximate surface area is 205 Å². The number of rotatable bonds is 6. The van der Waals surface area contributed by atoms with E-state index in [2.05, 4.69) is 20.3 Å². The maximum atomic E-state index is 13.7. The van der Waals surface area contributed by atoms with Crippen LogP contribution in [0.2, 0.25) is 0 Å². The van der Waals surface area contributed by atoms with Gasteiger partial charge in [0.25, 0.3) is 10.8 Å². The second-order valence-corrected chi connectivity index (χ2v) is 8.80. The number of anilines is 2. The van der Waals surface area contributed by atoms with Crippen LogP contribution in [0, 0.1) is 6.92 Å². The molecule has 10 heteroatoms. The third-order valence-electron chi connectivity index (χ3n) is 5.63. The quantitative estimate of drug-likeness (QED) is 0.364. The molecule has 0 unspecified atom stereocenters. The average Bonchev–Trinajstić information content (AvgIpc) is 3.33. The van der Waals surface area contributed by atoms with Gasteiger partial charge in [-0.1, -0.05) is 41.7 Å². The summed E-state index contributed by atoms with van der Waals surface area (Å²) in [6.07, 6.45) is 1.62. The average molecular weight is 486 g/mol. The summed E-state index contributed by atoms with van der Waals surface area (Å²) in [6.45, 7) is 3.84. The number of thiazole rings is 1. The minimum absolute atomic E-state index is 0.119. The highest BCUT2D eigenvalue weighted by molar-refractivity contribution is 7.11. The number of nitrogens with one attached hydrogen (secondary N) is 1. The molecule has 176 valence electrons. The fourth-order valence-electron chi connectivity index (χ4n) is 3.97. The van der Waals surface area contributed by atoms with Crippen molar-refractivity contribution < 1.29 is 4.74 Å². The smallest absolute Gasteiger partial charge is 0.273 e. The molecule has 3 N–H and O–H groups in total. The number of para-hydroxylation sites is 1. The van der Waals surface area contributed by atoms with Crippen molar-refractivity contribution in [2.24, 2.45) is 0 Å². The maximum Gasteiger partial charge on any atom is 0.273 e. The predicted molar refractivity (Wildman–Crippen MR) is 138 cm³/mol. The number of nitrogen functional groups attached to an aromatic ring is 1. The highest BCUT2D eigenvalue weighted by Gasteiger charge is 2.21. The molecule has 0 bridgehead atoms. The number of fused-ring (bicyclic) bond motifs is 1. The fourth-order valence-corrected chi connectivity index (χ4v) is 4.61. The Bertz CT molecular complexity index is 1580. The van der Waals surface area contributed by atoms with Gasteiger partial charge in [0.1, 0.15) is 11.6 Å². The van der Waals surface area contributed by atoms with Crippen LogP contribution in [0.1, 0.15) is 24.4 Å². The van der Waals surface area contributed by atoms with E-state index >= 15 is 0 Å². The molecule has 3 aromatic heterocycles. The lowest BCUT2D eigenvalue weighted by Crippen LogP contribution is -2.28. The molecule has 3 heterocycles. The SMILES string of the molecule is COc1nc(-c2cnc(N)nc2N[C@H](C)c2nc3cccc(C)c3c(=O)n2-c2ccccc2)cs1. The van der Waals surface area contributed by atoms with Crippen LogP contribution in [0.25, 0.3) is 27.8 Å². The van der Waals surface area contributed by atoms with Gasteiger partial charge in [0.15, 0.2) is 0 Å². The molecule has 0 aliphatic heterocycles. The zero-order valence-corrected chi connectivity index (χ0v) is 20.2. The van der Waals surface area contributed by atoms with E-state index in [1.165, 1.54) is 11.3 Å². The summed E-state index contributed by atoms with van der Waals surface area (Å²) < 4.78 is 6.87. The topological polar surface area (TPSA) is 121 Å². The number of aromatic nitrogens is 5. The standard InChI is InChI=1S/C25H23N7O2S/c1-14-8-7-11-18-20(14)23(33)32(16-9-5-4-6-10-16)22(29-18)15(2)28-21-17(12-27-24(26)31-21)19-13-35-25(30-19)34-3/h4-13,15H,1-3H3,(H3,26,27,28,31)/t15-/m1/s1. The molecule has 0 saturated carbocycles. The largest absolute Gasteiger partial charge is 0.473 e. The monoisotopic (exact) mass is 485 g/mol. The fraction of sp³-hybridized carbons (Fsp3) is 0.160. The van der Waals surface area contributed by atoms with Crippen molar-refractivity contribution in [3.8, 4) is 22.1 Å². The summed E-state index contributed by atoms with van der Waals surface area (Å²) >= 11 is 1.37. The molecule has 0 spiro atoms. The van der Waals surface area contributed by atoms with Gasteiger partial charge in [-0.05, 0) is 37.6 Å². The van der Waals surface area contributed by atoms with Gasteiger partial charge in [-0.15, -0.1) is 0 Å². The molecule has 9 nitrogen and oxygen atoms in total. The van der Waals surface area contributed by atoms with Gasteiger partial charge in [-0.3, -0.25) is 9.36 Å². The number of methoxy groups -OCH3 is 1. The summed E-state index contributed by atoms with van der Waals surface area (Å²) in [5.74, 6) is 1.14. The molecule has 35 heavy (non-hydrogen) atoms. The van der Waals surface area contributed by atoms with E-state index in [9.17, 15) is 4.79 Å². The zero-order valence-electron chi connectivity index (χ0n) is 19.4. The van der Waals surface area contributed by atoms with Crippen molar-refractivity contribution in [1.29, 1.82) is 0 Å². The van der Waals surface area contributed by atoms with E-state index in [0.29, 0.717) is 39.0 Å².